The number of aromatic nitrogens is 3. The van der Waals surface area contributed by atoms with Crippen molar-refractivity contribution in [1.29, 1.82) is 0 Å². The topological polar surface area (TPSA) is 38.7 Å². The minimum Gasteiger partial charge on any atom is -0.208 e. The monoisotopic (exact) mass is 499 g/mol. The largest absolute Gasteiger partial charge is 0.208 e. The number of benzene rings is 5. The van der Waals surface area contributed by atoms with E-state index in [0.717, 1.165) is 27.5 Å². The fourth-order valence-corrected chi connectivity index (χ4v) is 6.04. The molecule has 7 aromatic rings. The van der Waals surface area contributed by atoms with Crippen molar-refractivity contribution in [3.63, 3.8) is 0 Å². The van der Waals surface area contributed by atoms with Crippen molar-refractivity contribution >= 4 is 53.9 Å². The third-order valence-electron chi connectivity index (χ3n) is 6.42. The Balaban J connectivity index is 1.47. The van der Waals surface area contributed by atoms with E-state index in [4.69, 9.17) is 26.6 Å². The number of halogens is 1. The Morgan fingerprint density at radius 2 is 1.11 bits per heavy atom. The maximum atomic E-state index is 6.51. The molecular weight excluding hydrogens is 482 g/mol. The zero-order chi connectivity index (χ0) is 24.1. The highest BCUT2D eigenvalue weighted by molar-refractivity contribution is 7.25. The van der Waals surface area contributed by atoms with Gasteiger partial charge in [0, 0.05) is 47.3 Å². The first-order valence-corrected chi connectivity index (χ1v) is 12.8. The summed E-state index contributed by atoms with van der Waals surface area (Å²) in [5.41, 5.74) is 2.84. The molecule has 170 valence electrons. The minimum absolute atomic E-state index is 0.628. The summed E-state index contributed by atoms with van der Waals surface area (Å²) in [6, 6.07) is 37.0. The quantitative estimate of drug-likeness (QED) is 0.243. The van der Waals surface area contributed by atoms with Gasteiger partial charge < -0.3 is 0 Å². The third kappa shape index (κ3) is 3.54. The lowest BCUT2D eigenvalue weighted by Gasteiger charge is -2.11. The van der Waals surface area contributed by atoms with Gasteiger partial charge in [0.2, 0.25) is 0 Å². The molecule has 0 aliphatic heterocycles. The van der Waals surface area contributed by atoms with E-state index in [1.165, 1.54) is 20.2 Å². The maximum absolute atomic E-state index is 6.51. The highest BCUT2D eigenvalue weighted by Crippen LogP contribution is 2.37. The van der Waals surface area contributed by atoms with E-state index in [2.05, 4.69) is 48.5 Å². The van der Waals surface area contributed by atoms with Crippen molar-refractivity contribution in [2.24, 2.45) is 0 Å². The SMILES string of the molecule is Clc1ccc(-c2nc(-c3ccccc3)nc(-c3ccc4c(c3)sc3ccccc34)n2)c2ccccc12. The molecule has 0 bridgehead atoms. The first kappa shape index (κ1) is 21.2. The van der Waals surface area contributed by atoms with Gasteiger partial charge in [-0.15, -0.1) is 11.3 Å². The van der Waals surface area contributed by atoms with Gasteiger partial charge >= 0.3 is 0 Å². The molecular formula is C31H18ClN3S. The van der Waals surface area contributed by atoms with E-state index >= 15 is 0 Å². The Morgan fingerprint density at radius 3 is 1.94 bits per heavy atom. The lowest BCUT2D eigenvalue weighted by molar-refractivity contribution is 1.08. The Kier molecular flexibility index (Phi) is 5.01. The van der Waals surface area contributed by atoms with E-state index in [-0.39, 0.29) is 0 Å². The number of rotatable bonds is 3. The number of hydrogen-bond donors (Lipinski definition) is 0. The summed E-state index contributed by atoms with van der Waals surface area (Å²) in [5.74, 6) is 1.92. The van der Waals surface area contributed by atoms with Crippen LogP contribution in [0.1, 0.15) is 0 Å². The van der Waals surface area contributed by atoms with Gasteiger partial charge in [0.1, 0.15) is 0 Å². The summed E-state index contributed by atoms with van der Waals surface area (Å²) in [7, 11) is 0. The fourth-order valence-electron chi connectivity index (χ4n) is 4.66. The molecule has 5 aromatic carbocycles. The van der Waals surface area contributed by atoms with Crippen LogP contribution in [0.4, 0.5) is 0 Å². The average molecular weight is 500 g/mol. The molecule has 0 radical (unpaired) electrons. The average Bonchev–Trinajstić information content (AvgIpc) is 3.31. The van der Waals surface area contributed by atoms with Crippen LogP contribution in [0.15, 0.2) is 109 Å². The number of hydrogen-bond acceptors (Lipinski definition) is 4. The second-order valence-corrected chi connectivity index (χ2v) is 10.1. The predicted octanol–water partition coefficient (Wildman–Crippen LogP) is 9.05. The van der Waals surface area contributed by atoms with Crippen molar-refractivity contribution in [2.45, 2.75) is 0 Å². The first-order chi connectivity index (χ1) is 17.7. The van der Waals surface area contributed by atoms with Gasteiger partial charge in [-0.25, -0.2) is 15.0 Å². The molecule has 0 aliphatic rings. The number of fused-ring (bicyclic) bond motifs is 4. The van der Waals surface area contributed by atoms with Crippen LogP contribution in [0.5, 0.6) is 0 Å². The second kappa shape index (κ2) is 8.52. The van der Waals surface area contributed by atoms with Gasteiger partial charge in [0.25, 0.3) is 0 Å². The molecule has 0 saturated heterocycles. The lowest BCUT2D eigenvalue weighted by Crippen LogP contribution is -2.00. The molecule has 5 heteroatoms. The molecule has 2 heterocycles. The van der Waals surface area contributed by atoms with Gasteiger partial charge in [0.05, 0.1) is 0 Å². The van der Waals surface area contributed by atoms with Crippen molar-refractivity contribution in [3.05, 3.63) is 114 Å². The minimum atomic E-state index is 0.628. The van der Waals surface area contributed by atoms with E-state index in [1.54, 1.807) is 11.3 Å². The van der Waals surface area contributed by atoms with Gasteiger partial charge in [0.15, 0.2) is 17.5 Å². The van der Waals surface area contributed by atoms with E-state index in [1.807, 2.05) is 60.7 Å². The second-order valence-electron chi connectivity index (χ2n) is 8.62. The highest BCUT2D eigenvalue weighted by Gasteiger charge is 2.16. The van der Waals surface area contributed by atoms with Crippen LogP contribution >= 0.6 is 22.9 Å². The molecule has 0 aliphatic carbocycles. The predicted molar refractivity (Wildman–Crippen MR) is 152 cm³/mol. The standard InChI is InChI=1S/C31H18ClN3S/c32-26-17-16-25(21-10-4-5-11-22(21)26)31-34-29(19-8-2-1-3-9-19)33-30(35-31)20-14-15-24-23-12-6-7-13-27(23)36-28(24)18-20/h1-18H. The normalized spacial score (nSPS) is 11.5. The van der Waals surface area contributed by atoms with Gasteiger partial charge in [-0.1, -0.05) is 96.5 Å². The zero-order valence-corrected chi connectivity index (χ0v) is 20.6. The molecule has 0 spiro atoms. The van der Waals surface area contributed by atoms with Crippen LogP contribution in [-0.2, 0) is 0 Å². The van der Waals surface area contributed by atoms with Gasteiger partial charge in [-0.05, 0) is 29.7 Å². The van der Waals surface area contributed by atoms with Crippen LogP contribution in [0.2, 0.25) is 5.02 Å². The Bertz CT molecular complexity index is 1910. The molecule has 0 unspecified atom stereocenters. The number of thiophene rings is 1. The van der Waals surface area contributed by atoms with E-state index in [9.17, 15) is 0 Å². The van der Waals surface area contributed by atoms with E-state index < -0.39 is 0 Å². The summed E-state index contributed by atoms with van der Waals surface area (Å²) in [5, 5.41) is 5.23. The molecule has 2 aromatic heterocycles. The fraction of sp³-hybridized carbons (Fsp3) is 0. The molecule has 0 atom stereocenters. The molecule has 7 rings (SSSR count). The third-order valence-corrected chi connectivity index (χ3v) is 7.88. The Morgan fingerprint density at radius 1 is 0.472 bits per heavy atom. The highest BCUT2D eigenvalue weighted by atomic mass is 35.5. The Labute approximate surface area is 216 Å². The summed E-state index contributed by atoms with van der Waals surface area (Å²) < 4.78 is 2.49. The molecule has 0 amide bonds. The zero-order valence-electron chi connectivity index (χ0n) is 19.0. The molecule has 0 saturated carbocycles. The smallest absolute Gasteiger partial charge is 0.164 e. The first-order valence-electron chi connectivity index (χ1n) is 11.7. The van der Waals surface area contributed by atoms with Crippen molar-refractivity contribution in [1.82, 2.24) is 15.0 Å². The summed E-state index contributed by atoms with van der Waals surface area (Å²) in [4.78, 5) is 14.8. The molecule has 0 fully saturated rings. The molecule has 36 heavy (non-hydrogen) atoms. The van der Waals surface area contributed by atoms with Crippen LogP contribution in [0, 0.1) is 0 Å². The Hall–Kier alpha value is -4.12. The molecule has 0 N–H and O–H groups in total. The summed E-state index contributed by atoms with van der Waals surface area (Å²) in [6.07, 6.45) is 0. The van der Waals surface area contributed by atoms with Crippen LogP contribution in [0.25, 0.3) is 65.1 Å². The van der Waals surface area contributed by atoms with Crippen LogP contribution in [-0.4, -0.2) is 15.0 Å². The van der Waals surface area contributed by atoms with E-state index in [0.29, 0.717) is 22.5 Å². The number of nitrogens with zero attached hydrogens (tertiary/aromatic N) is 3. The maximum Gasteiger partial charge on any atom is 0.164 e. The van der Waals surface area contributed by atoms with Crippen LogP contribution in [0.3, 0.4) is 0 Å². The summed E-state index contributed by atoms with van der Waals surface area (Å²) >= 11 is 8.30. The summed E-state index contributed by atoms with van der Waals surface area (Å²) in [6.45, 7) is 0. The van der Waals surface area contributed by atoms with Gasteiger partial charge in [-0.3, -0.25) is 0 Å². The van der Waals surface area contributed by atoms with Gasteiger partial charge in [-0.2, -0.15) is 0 Å². The van der Waals surface area contributed by atoms with Crippen molar-refractivity contribution in [3.8, 4) is 34.2 Å². The van der Waals surface area contributed by atoms with Crippen molar-refractivity contribution < 1.29 is 0 Å². The van der Waals surface area contributed by atoms with Crippen molar-refractivity contribution in [2.75, 3.05) is 0 Å². The van der Waals surface area contributed by atoms with Crippen LogP contribution < -0.4 is 0 Å². The lowest BCUT2D eigenvalue weighted by atomic mass is 10.0. The molecule has 3 nitrogen and oxygen atoms in total.